The Morgan fingerprint density at radius 2 is 2.00 bits per heavy atom. The first-order valence-corrected chi connectivity index (χ1v) is 4.48. The summed E-state index contributed by atoms with van der Waals surface area (Å²) >= 11 is 0. The van der Waals surface area contributed by atoms with Crippen LogP contribution in [0.3, 0.4) is 0 Å². The second-order valence-corrected chi connectivity index (χ2v) is 3.66. The lowest BCUT2D eigenvalue weighted by molar-refractivity contribution is 0.347. The van der Waals surface area contributed by atoms with E-state index in [0.29, 0.717) is 13.1 Å². The van der Waals surface area contributed by atoms with Gasteiger partial charge in [-0.1, -0.05) is 0 Å². The molecule has 0 aliphatic heterocycles. The van der Waals surface area contributed by atoms with Crippen molar-refractivity contribution in [3.63, 3.8) is 0 Å². The highest BCUT2D eigenvalue weighted by Crippen LogP contribution is 2.26. The van der Waals surface area contributed by atoms with Crippen LogP contribution >= 0.6 is 7.75 Å². The van der Waals surface area contributed by atoms with Gasteiger partial charge in [0.15, 0.2) is 0 Å². The molecule has 0 radical (unpaired) electrons. The molecule has 0 amide bonds. The van der Waals surface area contributed by atoms with Gasteiger partial charge in [-0.05, 0) is 14.1 Å². The molecule has 0 aromatic rings. The Labute approximate surface area is 60.3 Å². The number of hydrogen-bond acceptors (Lipinski definition) is 2. The molecule has 0 aromatic carbocycles. The van der Waals surface area contributed by atoms with Gasteiger partial charge >= 0.3 is 7.75 Å². The normalized spacial score (nSPS) is 12.5. The lowest BCUT2D eigenvalue weighted by Gasteiger charge is -2.10. The largest absolute Gasteiger partial charge is 0.400 e. The number of likely N-dealkylation sites (N-methyl/N-ethyl adjacent to an activating group) is 1. The highest BCUT2D eigenvalue weighted by Gasteiger charge is 2.09. The average molecular weight is 168 g/mol. The van der Waals surface area contributed by atoms with E-state index < -0.39 is 7.75 Å². The van der Waals surface area contributed by atoms with Gasteiger partial charge in [0.05, 0.1) is 0 Å². The minimum absolute atomic E-state index is 0.303. The summed E-state index contributed by atoms with van der Waals surface area (Å²) in [5, 5.41) is 2.08. The van der Waals surface area contributed by atoms with Gasteiger partial charge in [0.1, 0.15) is 0 Å². The molecule has 5 nitrogen and oxygen atoms in total. The van der Waals surface area contributed by atoms with E-state index in [2.05, 4.69) is 5.09 Å². The van der Waals surface area contributed by atoms with Crippen LogP contribution < -0.4 is 5.09 Å². The Morgan fingerprint density at radius 1 is 1.50 bits per heavy atom. The molecule has 0 saturated heterocycles. The van der Waals surface area contributed by atoms with Crippen molar-refractivity contribution < 1.29 is 14.4 Å². The highest BCUT2D eigenvalue weighted by molar-refractivity contribution is 7.49. The predicted molar refractivity (Wildman–Crippen MR) is 38.6 cm³/mol. The molecule has 0 heterocycles. The third-order valence-electron chi connectivity index (χ3n) is 0.877. The molecule has 0 rings (SSSR count). The van der Waals surface area contributed by atoms with Gasteiger partial charge in [-0.2, -0.15) is 0 Å². The zero-order valence-corrected chi connectivity index (χ0v) is 7.01. The molecule has 0 unspecified atom stereocenters. The van der Waals surface area contributed by atoms with Crippen LogP contribution in [0.5, 0.6) is 0 Å². The Bertz CT molecular complexity index is 132. The third-order valence-corrected chi connectivity index (χ3v) is 1.51. The van der Waals surface area contributed by atoms with Crippen molar-refractivity contribution in [2.24, 2.45) is 0 Å². The molecule has 6 heteroatoms. The van der Waals surface area contributed by atoms with E-state index in [1.807, 2.05) is 19.0 Å². The quantitative estimate of drug-likeness (QED) is 0.481. The number of rotatable bonds is 4. The maximum absolute atomic E-state index is 10.2. The summed E-state index contributed by atoms with van der Waals surface area (Å²) in [5.41, 5.74) is 0. The molecule has 0 spiro atoms. The van der Waals surface area contributed by atoms with Crippen molar-refractivity contribution in [3.8, 4) is 0 Å². The van der Waals surface area contributed by atoms with Crippen molar-refractivity contribution >= 4 is 7.75 Å². The van der Waals surface area contributed by atoms with E-state index in [-0.39, 0.29) is 0 Å². The van der Waals surface area contributed by atoms with Crippen LogP contribution in [0.1, 0.15) is 0 Å². The van der Waals surface area contributed by atoms with E-state index in [9.17, 15) is 4.57 Å². The molecule has 0 aliphatic rings. The van der Waals surface area contributed by atoms with Crippen molar-refractivity contribution in [2.75, 3.05) is 27.2 Å². The number of nitrogens with zero attached hydrogens (tertiary/aromatic N) is 1. The Morgan fingerprint density at radius 3 is 2.30 bits per heavy atom. The summed E-state index contributed by atoms with van der Waals surface area (Å²) in [4.78, 5) is 18.5. The number of hydrogen-bond donors (Lipinski definition) is 3. The van der Waals surface area contributed by atoms with Crippen molar-refractivity contribution in [1.29, 1.82) is 0 Å². The third kappa shape index (κ3) is 8.07. The van der Waals surface area contributed by atoms with Gasteiger partial charge in [0, 0.05) is 13.1 Å². The summed E-state index contributed by atoms with van der Waals surface area (Å²) in [6.07, 6.45) is 0. The van der Waals surface area contributed by atoms with Crippen LogP contribution in [0.2, 0.25) is 0 Å². The highest BCUT2D eigenvalue weighted by atomic mass is 31.2. The zero-order valence-electron chi connectivity index (χ0n) is 6.11. The fourth-order valence-electron chi connectivity index (χ4n) is 0.419. The molecule has 0 saturated carbocycles. The number of nitrogens with one attached hydrogen (secondary N) is 1. The van der Waals surface area contributed by atoms with E-state index in [4.69, 9.17) is 9.79 Å². The molecular formula is C4H13N2O3P. The van der Waals surface area contributed by atoms with Crippen LogP contribution in [-0.4, -0.2) is 41.9 Å². The first kappa shape index (κ1) is 10.1. The maximum Gasteiger partial charge on any atom is 0.400 e. The van der Waals surface area contributed by atoms with Gasteiger partial charge in [-0.15, -0.1) is 0 Å². The Hall–Kier alpha value is 0.0700. The summed E-state index contributed by atoms with van der Waals surface area (Å²) < 4.78 is 10.2. The van der Waals surface area contributed by atoms with E-state index in [0.717, 1.165) is 0 Å². The van der Waals surface area contributed by atoms with Gasteiger partial charge in [0.2, 0.25) is 0 Å². The summed E-state index contributed by atoms with van der Waals surface area (Å²) in [6, 6.07) is 0. The molecule has 0 fully saturated rings. The van der Waals surface area contributed by atoms with Crippen LogP contribution in [0.4, 0.5) is 0 Å². The van der Waals surface area contributed by atoms with E-state index in [1.165, 1.54) is 0 Å². The minimum atomic E-state index is -4.00. The van der Waals surface area contributed by atoms with Crippen LogP contribution in [0.15, 0.2) is 0 Å². The molecule has 0 aliphatic carbocycles. The molecule has 62 valence electrons. The SMILES string of the molecule is CN(C)CCNP(=O)(O)O. The second kappa shape index (κ2) is 4.05. The standard InChI is InChI=1S/C4H13N2O3P/c1-6(2)4-3-5-10(7,8)9/h3-4H2,1-2H3,(H3,5,7,8,9). The lowest BCUT2D eigenvalue weighted by atomic mass is 10.6. The molecule has 0 aromatic heterocycles. The van der Waals surface area contributed by atoms with Crippen molar-refractivity contribution in [1.82, 2.24) is 9.99 Å². The van der Waals surface area contributed by atoms with Crippen LogP contribution in [-0.2, 0) is 4.57 Å². The van der Waals surface area contributed by atoms with Crippen molar-refractivity contribution in [2.45, 2.75) is 0 Å². The van der Waals surface area contributed by atoms with Crippen LogP contribution in [0.25, 0.3) is 0 Å². The summed E-state index contributed by atoms with van der Waals surface area (Å²) in [6.45, 7) is 0.919. The molecule has 0 bridgehead atoms. The Balaban J connectivity index is 3.30. The van der Waals surface area contributed by atoms with Crippen molar-refractivity contribution in [3.05, 3.63) is 0 Å². The van der Waals surface area contributed by atoms with Gasteiger partial charge in [0.25, 0.3) is 0 Å². The van der Waals surface area contributed by atoms with E-state index >= 15 is 0 Å². The van der Waals surface area contributed by atoms with Gasteiger partial charge < -0.3 is 14.7 Å². The van der Waals surface area contributed by atoms with Gasteiger partial charge in [-0.25, -0.2) is 9.65 Å². The summed E-state index contributed by atoms with van der Waals surface area (Å²) in [7, 11) is -0.329. The smallest absolute Gasteiger partial charge is 0.313 e. The average Bonchev–Trinajstić information content (AvgIpc) is 1.59. The summed E-state index contributed by atoms with van der Waals surface area (Å²) in [5.74, 6) is 0. The maximum atomic E-state index is 10.2. The molecule has 3 N–H and O–H groups in total. The van der Waals surface area contributed by atoms with E-state index in [1.54, 1.807) is 0 Å². The molecule has 10 heavy (non-hydrogen) atoms. The predicted octanol–water partition coefficient (Wildman–Crippen LogP) is -0.770. The Kier molecular flexibility index (Phi) is 4.08. The fourth-order valence-corrected chi connectivity index (χ4v) is 0.811. The zero-order chi connectivity index (χ0) is 8.20. The molecule has 0 atom stereocenters. The fraction of sp³-hybridized carbons (Fsp3) is 1.00. The second-order valence-electron chi connectivity index (χ2n) is 2.26. The minimum Gasteiger partial charge on any atom is -0.313 e. The lowest BCUT2D eigenvalue weighted by Crippen LogP contribution is -2.24. The first-order chi connectivity index (χ1) is 4.42. The topological polar surface area (TPSA) is 72.8 Å². The molecular weight excluding hydrogens is 155 g/mol. The van der Waals surface area contributed by atoms with Crippen LogP contribution in [0, 0.1) is 0 Å². The monoisotopic (exact) mass is 168 g/mol. The first-order valence-electron chi connectivity index (χ1n) is 2.87. The van der Waals surface area contributed by atoms with Gasteiger partial charge in [-0.3, -0.25) is 0 Å².